The van der Waals surface area contributed by atoms with Gasteiger partial charge in [0, 0.05) is 24.6 Å². The van der Waals surface area contributed by atoms with Crippen LogP contribution in [0.1, 0.15) is 41.3 Å². The van der Waals surface area contributed by atoms with Crippen molar-refractivity contribution in [1.29, 1.82) is 0 Å². The minimum absolute atomic E-state index is 0.285. The smallest absolute Gasteiger partial charge is 0.254 e. The third-order valence-electron chi connectivity index (χ3n) is 4.11. The van der Waals surface area contributed by atoms with E-state index in [-0.39, 0.29) is 11.7 Å². The first kappa shape index (κ1) is 18.5. The summed E-state index contributed by atoms with van der Waals surface area (Å²) in [5.74, 6) is 0.304. The van der Waals surface area contributed by atoms with Crippen molar-refractivity contribution >= 4 is 17.5 Å². The van der Waals surface area contributed by atoms with Gasteiger partial charge in [0.15, 0.2) is 0 Å². The van der Waals surface area contributed by atoms with Crippen molar-refractivity contribution < 1.29 is 9.18 Å². The van der Waals surface area contributed by atoms with Crippen LogP contribution < -0.4 is 10.6 Å². The average molecular weight is 364 g/mol. The molecule has 0 spiro atoms. The van der Waals surface area contributed by atoms with E-state index in [1.807, 2.05) is 12.1 Å². The Morgan fingerprint density at radius 1 is 1.00 bits per heavy atom. The molecule has 0 unspecified atom stereocenters. The Morgan fingerprint density at radius 3 is 2.22 bits per heavy atom. The fourth-order valence-corrected chi connectivity index (χ4v) is 2.48. The van der Waals surface area contributed by atoms with Gasteiger partial charge in [0.25, 0.3) is 5.91 Å². The summed E-state index contributed by atoms with van der Waals surface area (Å²) in [5.41, 5.74) is 3.31. The maximum atomic E-state index is 12.9. The van der Waals surface area contributed by atoms with Crippen molar-refractivity contribution in [2.45, 2.75) is 26.3 Å². The molecule has 2 aromatic carbocycles. The Morgan fingerprint density at radius 2 is 1.63 bits per heavy atom. The zero-order valence-electron chi connectivity index (χ0n) is 15.2. The number of nitrogens with one attached hydrogen (secondary N) is 2. The lowest BCUT2D eigenvalue weighted by atomic mass is 10.0. The highest BCUT2D eigenvalue weighted by Crippen LogP contribution is 2.19. The van der Waals surface area contributed by atoms with Gasteiger partial charge in [0.1, 0.15) is 5.82 Å². The fraction of sp³-hybridized carbons (Fsp3) is 0.190. The van der Waals surface area contributed by atoms with Gasteiger partial charge in [0.2, 0.25) is 5.95 Å². The highest BCUT2D eigenvalue weighted by atomic mass is 19.1. The number of rotatable bonds is 6. The third kappa shape index (κ3) is 5.10. The molecule has 2 N–H and O–H groups in total. The monoisotopic (exact) mass is 364 g/mol. The van der Waals surface area contributed by atoms with Crippen molar-refractivity contribution in [1.82, 2.24) is 15.3 Å². The van der Waals surface area contributed by atoms with Gasteiger partial charge < -0.3 is 10.6 Å². The van der Waals surface area contributed by atoms with E-state index in [1.54, 1.807) is 12.1 Å². The molecule has 0 radical (unpaired) electrons. The van der Waals surface area contributed by atoms with Gasteiger partial charge in [0.05, 0.1) is 5.56 Å². The van der Waals surface area contributed by atoms with Gasteiger partial charge in [-0.15, -0.1) is 0 Å². The predicted molar refractivity (Wildman–Crippen MR) is 103 cm³/mol. The van der Waals surface area contributed by atoms with E-state index in [0.717, 1.165) is 11.3 Å². The van der Waals surface area contributed by atoms with Gasteiger partial charge in [-0.1, -0.05) is 38.1 Å². The molecular weight excluding hydrogens is 343 g/mol. The number of anilines is 2. The predicted octanol–water partition coefficient (Wildman–Crippen LogP) is 4.41. The van der Waals surface area contributed by atoms with Crippen molar-refractivity contribution in [3.05, 3.63) is 83.4 Å². The van der Waals surface area contributed by atoms with Crippen molar-refractivity contribution in [3.8, 4) is 0 Å². The molecule has 5 nitrogen and oxygen atoms in total. The molecule has 0 atom stereocenters. The Kier molecular flexibility index (Phi) is 5.76. The summed E-state index contributed by atoms with van der Waals surface area (Å²) in [6.45, 7) is 4.60. The quantitative estimate of drug-likeness (QED) is 0.680. The number of nitrogens with zero attached hydrogens (tertiary/aromatic N) is 2. The molecule has 0 aliphatic heterocycles. The number of hydrogen-bond acceptors (Lipinski definition) is 4. The van der Waals surface area contributed by atoms with E-state index in [4.69, 9.17) is 0 Å². The molecule has 0 fully saturated rings. The number of amides is 1. The second kappa shape index (κ2) is 8.40. The SMILES string of the molecule is CC(C)c1ccc(Nc2ncc(C(=O)NCc3ccc(F)cc3)cn2)cc1. The lowest BCUT2D eigenvalue weighted by Crippen LogP contribution is -2.23. The molecule has 3 aromatic rings. The number of hydrogen-bond donors (Lipinski definition) is 2. The van der Waals surface area contributed by atoms with Gasteiger partial charge in [-0.3, -0.25) is 4.79 Å². The molecular formula is C21H21FN4O. The number of benzene rings is 2. The minimum atomic E-state index is -0.305. The van der Waals surface area contributed by atoms with E-state index in [0.29, 0.717) is 24.0 Å². The number of carbonyl (C=O) groups is 1. The first-order chi connectivity index (χ1) is 13.0. The van der Waals surface area contributed by atoms with Crippen LogP contribution in [0.3, 0.4) is 0 Å². The van der Waals surface area contributed by atoms with Crippen molar-refractivity contribution in [2.24, 2.45) is 0 Å². The first-order valence-corrected chi connectivity index (χ1v) is 8.73. The molecule has 0 saturated heterocycles. The third-order valence-corrected chi connectivity index (χ3v) is 4.11. The van der Waals surface area contributed by atoms with Gasteiger partial charge in [-0.05, 0) is 41.3 Å². The number of carbonyl (C=O) groups excluding carboxylic acids is 1. The number of halogens is 1. The molecule has 0 bridgehead atoms. The molecule has 138 valence electrons. The lowest BCUT2D eigenvalue weighted by Gasteiger charge is -2.09. The minimum Gasteiger partial charge on any atom is -0.348 e. The molecule has 1 heterocycles. The fourth-order valence-electron chi connectivity index (χ4n) is 2.48. The largest absolute Gasteiger partial charge is 0.348 e. The average Bonchev–Trinajstić information content (AvgIpc) is 2.68. The van der Waals surface area contributed by atoms with Gasteiger partial charge >= 0.3 is 0 Å². The Bertz CT molecular complexity index is 891. The van der Waals surface area contributed by atoms with Crippen LogP contribution in [0.5, 0.6) is 0 Å². The van der Waals surface area contributed by atoms with Gasteiger partial charge in [-0.25, -0.2) is 14.4 Å². The zero-order chi connectivity index (χ0) is 19.2. The Balaban J connectivity index is 1.57. The summed E-state index contributed by atoms with van der Waals surface area (Å²) in [6.07, 6.45) is 2.94. The van der Waals surface area contributed by atoms with Crippen molar-refractivity contribution in [2.75, 3.05) is 5.32 Å². The lowest BCUT2D eigenvalue weighted by molar-refractivity contribution is 0.0950. The van der Waals surface area contributed by atoms with E-state index in [1.165, 1.54) is 30.1 Å². The molecule has 0 aliphatic carbocycles. The highest BCUT2D eigenvalue weighted by Gasteiger charge is 2.08. The molecule has 3 rings (SSSR count). The van der Waals surface area contributed by atoms with E-state index < -0.39 is 0 Å². The summed E-state index contributed by atoms with van der Waals surface area (Å²) in [6, 6.07) is 14.0. The number of aromatic nitrogens is 2. The topological polar surface area (TPSA) is 66.9 Å². The standard InChI is InChI=1S/C21H21FN4O/c1-14(2)16-5-9-19(10-6-16)26-21-24-12-17(13-25-21)20(27)23-11-15-3-7-18(22)8-4-15/h3-10,12-14H,11H2,1-2H3,(H,23,27)(H,24,25,26). The molecule has 0 aliphatic rings. The summed E-state index contributed by atoms with van der Waals surface area (Å²) < 4.78 is 12.9. The maximum Gasteiger partial charge on any atom is 0.254 e. The second-order valence-corrected chi connectivity index (χ2v) is 6.51. The zero-order valence-corrected chi connectivity index (χ0v) is 15.2. The summed E-state index contributed by atoms with van der Waals surface area (Å²) in [5, 5.41) is 5.87. The molecule has 27 heavy (non-hydrogen) atoms. The molecule has 1 amide bonds. The molecule has 1 aromatic heterocycles. The Hall–Kier alpha value is -3.28. The van der Waals surface area contributed by atoms with Gasteiger partial charge in [-0.2, -0.15) is 0 Å². The van der Waals surface area contributed by atoms with Crippen molar-refractivity contribution in [3.63, 3.8) is 0 Å². The normalized spacial score (nSPS) is 10.7. The maximum absolute atomic E-state index is 12.9. The van der Waals surface area contributed by atoms with Crippen LogP contribution in [0.15, 0.2) is 60.9 Å². The van der Waals surface area contributed by atoms with Crippen LogP contribution in [0.25, 0.3) is 0 Å². The van der Waals surface area contributed by atoms with Crippen LogP contribution in [0.2, 0.25) is 0 Å². The van der Waals surface area contributed by atoms with E-state index in [2.05, 4.69) is 46.6 Å². The summed E-state index contributed by atoms with van der Waals surface area (Å²) in [4.78, 5) is 20.5. The van der Waals surface area contributed by atoms with Crippen LogP contribution in [0.4, 0.5) is 16.0 Å². The van der Waals surface area contributed by atoms with E-state index >= 15 is 0 Å². The van der Waals surface area contributed by atoms with Crippen LogP contribution in [-0.2, 0) is 6.54 Å². The molecule has 6 heteroatoms. The van der Waals surface area contributed by atoms with Crippen LogP contribution >= 0.6 is 0 Å². The summed E-state index contributed by atoms with van der Waals surface area (Å²) in [7, 11) is 0. The van der Waals surface area contributed by atoms with Crippen LogP contribution in [-0.4, -0.2) is 15.9 Å². The van der Waals surface area contributed by atoms with E-state index in [9.17, 15) is 9.18 Å². The first-order valence-electron chi connectivity index (χ1n) is 8.73. The Labute approximate surface area is 157 Å². The second-order valence-electron chi connectivity index (χ2n) is 6.51. The summed E-state index contributed by atoms with van der Waals surface area (Å²) >= 11 is 0. The highest BCUT2D eigenvalue weighted by molar-refractivity contribution is 5.93. The van der Waals surface area contributed by atoms with Crippen LogP contribution in [0, 0.1) is 5.82 Å². The molecule has 0 saturated carbocycles.